The number of nitrogens with two attached hydrogens (primary N) is 1. The number of anilines is 1. The second kappa shape index (κ2) is 6.54. The number of benzene rings is 1. The second-order valence-electron chi connectivity index (χ2n) is 4.20. The fourth-order valence-corrected chi connectivity index (χ4v) is 2.48. The highest BCUT2D eigenvalue weighted by atomic mass is 32.2. The molecule has 0 aliphatic carbocycles. The minimum absolute atomic E-state index is 0.256. The monoisotopic (exact) mass is 278 g/mol. The van der Waals surface area contributed by atoms with Gasteiger partial charge in [-0.05, 0) is 35.9 Å². The molecule has 0 fully saturated rings. The van der Waals surface area contributed by atoms with Crippen LogP contribution in [0, 0.1) is 5.82 Å². The molecule has 0 spiro atoms. The molecule has 0 amide bonds. The summed E-state index contributed by atoms with van der Waals surface area (Å²) in [6.45, 7) is 0. The van der Waals surface area contributed by atoms with Gasteiger partial charge in [-0.3, -0.25) is 4.98 Å². The molecule has 19 heavy (non-hydrogen) atoms. The van der Waals surface area contributed by atoms with Gasteiger partial charge in [0, 0.05) is 35.2 Å². The third-order valence-corrected chi connectivity index (χ3v) is 3.81. The molecule has 3 N–H and O–H groups in total. The topological polar surface area (TPSA) is 59.1 Å². The summed E-state index contributed by atoms with van der Waals surface area (Å²) >= 11 is 1.48. The van der Waals surface area contributed by atoms with Crippen LogP contribution in [0.3, 0.4) is 0 Å². The van der Waals surface area contributed by atoms with Gasteiger partial charge in [0.25, 0.3) is 0 Å². The maximum atomic E-state index is 12.7. The third-order valence-electron chi connectivity index (χ3n) is 2.65. The van der Waals surface area contributed by atoms with Crippen molar-refractivity contribution in [2.45, 2.75) is 17.4 Å². The highest BCUT2D eigenvalue weighted by Gasteiger charge is 2.09. The van der Waals surface area contributed by atoms with E-state index in [0.29, 0.717) is 17.9 Å². The minimum Gasteiger partial charge on any atom is -0.398 e. The summed E-state index contributed by atoms with van der Waals surface area (Å²) in [5, 5.41) is 9.96. The first-order valence-corrected chi connectivity index (χ1v) is 6.88. The van der Waals surface area contributed by atoms with Crippen molar-refractivity contribution in [3.05, 3.63) is 54.1 Å². The third kappa shape index (κ3) is 4.22. The number of nitrogen functional groups attached to an aromatic ring is 1. The average molecular weight is 278 g/mol. The maximum absolute atomic E-state index is 12.7. The SMILES string of the molecule is Nc1ccncc1CC(O)CSc1ccc(F)cc1. The molecule has 2 aromatic rings. The Morgan fingerprint density at radius 1 is 1.26 bits per heavy atom. The fraction of sp³-hybridized carbons (Fsp3) is 0.214. The van der Waals surface area contributed by atoms with Gasteiger partial charge in [0.15, 0.2) is 0 Å². The van der Waals surface area contributed by atoms with Crippen molar-refractivity contribution in [3.63, 3.8) is 0 Å². The Morgan fingerprint density at radius 2 is 2.00 bits per heavy atom. The molecule has 5 heteroatoms. The van der Waals surface area contributed by atoms with Crippen LogP contribution in [0.1, 0.15) is 5.56 Å². The molecule has 1 atom stereocenters. The zero-order valence-corrected chi connectivity index (χ0v) is 11.1. The molecule has 1 aromatic carbocycles. The number of halogens is 1. The Hall–Kier alpha value is -1.59. The zero-order valence-electron chi connectivity index (χ0n) is 10.3. The van der Waals surface area contributed by atoms with Crippen LogP contribution in [0.25, 0.3) is 0 Å². The highest BCUT2D eigenvalue weighted by Crippen LogP contribution is 2.21. The molecule has 0 aliphatic rings. The average Bonchev–Trinajstić information content (AvgIpc) is 2.41. The molecule has 3 nitrogen and oxygen atoms in total. The number of hydrogen-bond acceptors (Lipinski definition) is 4. The molecule has 0 bridgehead atoms. The van der Waals surface area contributed by atoms with Gasteiger partial charge in [0.05, 0.1) is 6.10 Å². The molecule has 0 saturated carbocycles. The van der Waals surface area contributed by atoms with Gasteiger partial charge >= 0.3 is 0 Å². The molecule has 1 heterocycles. The fourth-order valence-electron chi connectivity index (χ4n) is 1.64. The van der Waals surface area contributed by atoms with Crippen LogP contribution in [0.5, 0.6) is 0 Å². The maximum Gasteiger partial charge on any atom is 0.123 e. The van der Waals surface area contributed by atoms with Crippen molar-refractivity contribution in [3.8, 4) is 0 Å². The first-order valence-electron chi connectivity index (χ1n) is 5.90. The van der Waals surface area contributed by atoms with Crippen LogP contribution in [-0.4, -0.2) is 21.9 Å². The van der Waals surface area contributed by atoms with Gasteiger partial charge in [-0.25, -0.2) is 4.39 Å². The standard InChI is InChI=1S/C14H15FN2OS/c15-11-1-3-13(4-2-11)19-9-12(18)7-10-8-17-6-5-14(10)16/h1-6,8,12,18H,7,9H2,(H2,16,17). The van der Waals surface area contributed by atoms with Gasteiger partial charge in [-0.15, -0.1) is 11.8 Å². The van der Waals surface area contributed by atoms with Crippen molar-refractivity contribution in [2.75, 3.05) is 11.5 Å². The van der Waals surface area contributed by atoms with E-state index in [-0.39, 0.29) is 5.82 Å². The van der Waals surface area contributed by atoms with Crippen LogP contribution in [0.15, 0.2) is 47.6 Å². The number of nitrogens with zero attached hydrogens (tertiary/aromatic N) is 1. The van der Waals surface area contributed by atoms with E-state index in [9.17, 15) is 9.50 Å². The summed E-state index contributed by atoms with van der Waals surface area (Å²) in [7, 11) is 0. The largest absolute Gasteiger partial charge is 0.398 e. The van der Waals surface area contributed by atoms with E-state index in [1.165, 1.54) is 23.9 Å². The van der Waals surface area contributed by atoms with Crippen LogP contribution in [0.2, 0.25) is 0 Å². The number of thioether (sulfide) groups is 1. The van der Waals surface area contributed by atoms with Gasteiger partial charge in [-0.2, -0.15) is 0 Å². The second-order valence-corrected chi connectivity index (χ2v) is 5.29. The zero-order chi connectivity index (χ0) is 13.7. The summed E-state index contributed by atoms with van der Waals surface area (Å²) in [6, 6.07) is 7.94. The van der Waals surface area contributed by atoms with E-state index in [0.717, 1.165) is 10.5 Å². The molecular weight excluding hydrogens is 263 g/mol. The summed E-state index contributed by atoms with van der Waals surface area (Å²) in [5.41, 5.74) is 7.28. The number of aliphatic hydroxyl groups excluding tert-OH is 1. The van der Waals surface area contributed by atoms with E-state index >= 15 is 0 Å². The number of aromatic nitrogens is 1. The quantitative estimate of drug-likeness (QED) is 0.825. The molecule has 1 unspecified atom stereocenters. The normalized spacial score (nSPS) is 12.3. The summed E-state index contributed by atoms with van der Waals surface area (Å²) in [6.07, 6.45) is 3.24. The van der Waals surface area contributed by atoms with Gasteiger partial charge < -0.3 is 10.8 Å². The summed E-state index contributed by atoms with van der Waals surface area (Å²) in [5.74, 6) is 0.271. The Kier molecular flexibility index (Phi) is 4.76. The van der Waals surface area contributed by atoms with Gasteiger partial charge in [-0.1, -0.05) is 0 Å². The van der Waals surface area contributed by atoms with Crippen molar-refractivity contribution in [2.24, 2.45) is 0 Å². The van der Waals surface area contributed by atoms with Crippen molar-refractivity contribution in [1.29, 1.82) is 0 Å². The Labute approximate surface area is 115 Å². The molecule has 1 aromatic heterocycles. The molecule has 2 rings (SSSR count). The molecule has 0 saturated heterocycles. The lowest BCUT2D eigenvalue weighted by molar-refractivity contribution is 0.200. The van der Waals surface area contributed by atoms with Crippen molar-refractivity contribution < 1.29 is 9.50 Å². The number of hydrogen-bond donors (Lipinski definition) is 2. The first kappa shape index (κ1) is 13.8. The van der Waals surface area contributed by atoms with Crippen LogP contribution >= 0.6 is 11.8 Å². The predicted molar refractivity (Wildman–Crippen MR) is 75.5 cm³/mol. The van der Waals surface area contributed by atoms with E-state index in [1.807, 2.05) is 0 Å². The first-order chi connectivity index (χ1) is 9.15. The Balaban J connectivity index is 1.86. The molecular formula is C14H15FN2OS. The number of pyridine rings is 1. The number of aliphatic hydroxyl groups is 1. The van der Waals surface area contributed by atoms with E-state index in [2.05, 4.69) is 4.98 Å². The Morgan fingerprint density at radius 3 is 2.68 bits per heavy atom. The minimum atomic E-state index is -0.512. The lowest BCUT2D eigenvalue weighted by Gasteiger charge is -2.11. The summed E-state index contributed by atoms with van der Waals surface area (Å²) < 4.78 is 12.7. The molecule has 0 aliphatic heterocycles. The van der Waals surface area contributed by atoms with E-state index in [1.54, 1.807) is 30.6 Å². The van der Waals surface area contributed by atoms with E-state index < -0.39 is 6.10 Å². The van der Waals surface area contributed by atoms with E-state index in [4.69, 9.17) is 5.73 Å². The van der Waals surface area contributed by atoms with Gasteiger partial charge in [0.1, 0.15) is 5.82 Å². The Bertz CT molecular complexity index is 533. The number of rotatable bonds is 5. The van der Waals surface area contributed by atoms with Crippen molar-refractivity contribution >= 4 is 17.4 Å². The smallest absolute Gasteiger partial charge is 0.123 e. The molecule has 0 radical (unpaired) electrons. The highest BCUT2D eigenvalue weighted by molar-refractivity contribution is 7.99. The van der Waals surface area contributed by atoms with Crippen LogP contribution in [0.4, 0.5) is 10.1 Å². The van der Waals surface area contributed by atoms with Gasteiger partial charge in [0.2, 0.25) is 0 Å². The van der Waals surface area contributed by atoms with Crippen LogP contribution in [-0.2, 0) is 6.42 Å². The lowest BCUT2D eigenvalue weighted by Crippen LogP contribution is -2.14. The van der Waals surface area contributed by atoms with Crippen LogP contribution < -0.4 is 5.73 Å². The molecule has 100 valence electrons. The lowest BCUT2D eigenvalue weighted by atomic mass is 10.1. The summed E-state index contributed by atoms with van der Waals surface area (Å²) in [4.78, 5) is 4.92. The van der Waals surface area contributed by atoms with Crippen molar-refractivity contribution in [1.82, 2.24) is 4.98 Å². The predicted octanol–water partition coefficient (Wildman–Crippen LogP) is 2.50.